The van der Waals surface area contributed by atoms with Crippen LogP contribution in [-0.2, 0) is 5.54 Å². The molecule has 1 aromatic carbocycles. The van der Waals surface area contributed by atoms with E-state index in [9.17, 15) is 18.8 Å². The number of hydrogen-bond acceptors (Lipinski definition) is 4. The van der Waals surface area contributed by atoms with Gasteiger partial charge in [-0.25, -0.2) is 4.39 Å². The number of hydrogen-bond donors (Lipinski definition) is 2. The van der Waals surface area contributed by atoms with Crippen molar-refractivity contribution in [2.45, 2.75) is 50.5 Å². The zero-order chi connectivity index (χ0) is 20.9. The van der Waals surface area contributed by atoms with Crippen LogP contribution in [0.1, 0.15) is 55.3 Å². The predicted octanol–water partition coefficient (Wildman–Crippen LogP) is 4.41. The number of primary amides is 1. The van der Waals surface area contributed by atoms with Gasteiger partial charge in [-0.1, -0.05) is 0 Å². The van der Waals surface area contributed by atoms with E-state index in [2.05, 4.69) is 16.5 Å². The normalized spacial score (nSPS) is 21.5. The van der Waals surface area contributed by atoms with Crippen LogP contribution in [-0.4, -0.2) is 22.4 Å². The molecule has 1 fully saturated rings. The SMILES string of the molecule is N#CCC1(n2cc(C(N)=O)c(Nc3ccc(F)cc3)n2)CCC(CCCF)CC1. The van der Waals surface area contributed by atoms with Crippen molar-refractivity contribution in [2.75, 3.05) is 12.0 Å². The molecular formula is C21H25F2N5O. The average molecular weight is 401 g/mol. The second-order valence-corrected chi connectivity index (χ2v) is 7.67. The maximum absolute atomic E-state index is 13.2. The molecule has 8 heteroatoms. The summed E-state index contributed by atoms with van der Waals surface area (Å²) < 4.78 is 27.3. The summed E-state index contributed by atoms with van der Waals surface area (Å²) in [5, 5.41) is 17.0. The van der Waals surface area contributed by atoms with Crippen molar-refractivity contribution in [3.8, 4) is 6.07 Å². The van der Waals surface area contributed by atoms with E-state index in [4.69, 9.17) is 5.73 Å². The largest absolute Gasteiger partial charge is 0.365 e. The molecule has 29 heavy (non-hydrogen) atoms. The molecule has 0 aliphatic heterocycles. The summed E-state index contributed by atoms with van der Waals surface area (Å²) in [7, 11) is 0. The van der Waals surface area contributed by atoms with Gasteiger partial charge in [-0.05, 0) is 68.7 Å². The number of carbonyl (C=O) groups excluding carboxylic acids is 1. The Morgan fingerprint density at radius 3 is 2.62 bits per heavy atom. The van der Waals surface area contributed by atoms with Crippen LogP contribution < -0.4 is 11.1 Å². The van der Waals surface area contributed by atoms with Crippen molar-refractivity contribution < 1.29 is 13.6 Å². The summed E-state index contributed by atoms with van der Waals surface area (Å²) in [4.78, 5) is 12.0. The topological polar surface area (TPSA) is 96.7 Å². The summed E-state index contributed by atoms with van der Waals surface area (Å²) in [5.74, 6) is -0.278. The highest BCUT2D eigenvalue weighted by Crippen LogP contribution is 2.42. The molecule has 0 saturated heterocycles. The van der Waals surface area contributed by atoms with Crippen LogP contribution in [0.2, 0.25) is 0 Å². The van der Waals surface area contributed by atoms with Gasteiger partial charge in [-0.15, -0.1) is 0 Å². The number of amides is 1. The van der Waals surface area contributed by atoms with Gasteiger partial charge in [0, 0.05) is 11.9 Å². The molecule has 3 N–H and O–H groups in total. The van der Waals surface area contributed by atoms with Crippen molar-refractivity contribution in [1.82, 2.24) is 9.78 Å². The van der Waals surface area contributed by atoms with Crippen LogP contribution in [0.15, 0.2) is 30.5 Å². The Morgan fingerprint density at radius 2 is 2.03 bits per heavy atom. The molecule has 154 valence electrons. The van der Waals surface area contributed by atoms with Crippen LogP contribution >= 0.6 is 0 Å². The fraction of sp³-hybridized carbons (Fsp3) is 0.476. The molecule has 0 unspecified atom stereocenters. The van der Waals surface area contributed by atoms with Gasteiger partial charge < -0.3 is 11.1 Å². The highest BCUT2D eigenvalue weighted by atomic mass is 19.1. The first-order chi connectivity index (χ1) is 14.0. The molecule has 2 aromatic rings. The molecule has 0 bridgehead atoms. The molecular weight excluding hydrogens is 376 g/mol. The minimum atomic E-state index is -0.635. The Morgan fingerprint density at radius 1 is 1.34 bits per heavy atom. The maximum atomic E-state index is 13.2. The zero-order valence-corrected chi connectivity index (χ0v) is 16.2. The number of nitrogens with two attached hydrogens (primary N) is 1. The van der Waals surface area contributed by atoms with Gasteiger partial charge in [-0.3, -0.25) is 13.9 Å². The number of carbonyl (C=O) groups is 1. The molecule has 3 rings (SSSR count). The lowest BCUT2D eigenvalue weighted by Gasteiger charge is -2.39. The van der Waals surface area contributed by atoms with Crippen molar-refractivity contribution >= 4 is 17.4 Å². The molecule has 0 radical (unpaired) electrons. The van der Waals surface area contributed by atoms with Gasteiger partial charge in [-0.2, -0.15) is 10.4 Å². The van der Waals surface area contributed by atoms with Crippen LogP contribution in [0.3, 0.4) is 0 Å². The summed E-state index contributed by atoms with van der Waals surface area (Å²) in [6.07, 6.45) is 6.49. The lowest BCUT2D eigenvalue weighted by molar-refractivity contribution is 0.1000. The Labute approximate surface area is 168 Å². The van der Waals surface area contributed by atoms with E-state index in [0.29, 0.717) is 18.0 Å². The maximum Gasteiger partial charge on any atom is 0.254 e. The number of anilines is 2. The molecule has 6 nitrogen and oxygen atoms in total. The average Bonchev–Trinajstić information content (AvgIpc) is 3.14. The quantitative estimate of drug-likeness (QED) is 0.684. The van der Waals surface area contributed by atoms with Crippen LogP contribution in [0.4, 0.5) is 20.3 Å². The van der Waals surface area contributed by atoms with E-state index in [0.717, 1.165) is 32.1 Å². The van der Waals surface area contributed by atoms with E-state index in [1.54, 1.807) is 23.0 Å². The van der Waals surface area contributed by atoms with Crippen molar-refractivity contribution in [2.24, 2.45) is 11.7 Å². The molecule has 1 aromatic heterocycles. The fourth-order valence-corrected chi connectivity index (χ4v) is 4.06. The van der Waals surface area contributed by atoms with E-state index in [1.165, 1.54) is 12.1 Å². The molecule has 1 aliphatic rings. The van der Waals surface area contributed by atoms with Gasteiger partial charge in [0.05, 0.1) is 24.7 Å². The van der Waals surface area contributed by atoms with E-state index < -0.39 is 11.4 Å². The summed E-state index contributed by atoms with van der Waals surface area (Å²) in [6, 6.07) is 7.94. The molecule has 1 aliphatic carbocycles. The molecule has 1 saturated carbocycles. The first kappa shape index (κ1) is 20.8. The van der Waals surface area contributed by atoms with Crippen LogP contribution in [0.5, 0.6) is 0 Å². The van der Waals surface area contributed by atoms with Crippen molar-refractivity contribution in [3.05, 3.63) is 41.8 Å². The van der Waals surface area contributed by atoms with Gasteiger partial charge in [0.15, 0.2) is 5.82 Å². The molecule has 0 atom stereocenters. The first-order valence-corrected chi connectivity index (χ1v) is 9.83. The fourth-order valence-electron chi connectivity index (χ4n) is 4.06. The third kappa shape index (κ3) is 4.73. The summed E-state index contributed by atoms with van der Waals surface area (Å²) >= 11 is 0. The Hall–Kier alpha value is -2.95. The number of alkyl halides is 1. The number of nitrogens with one attached hydrogen (secondary N) is 1. The minimum Gasteiger partial charge on any atom is -0.365 e. The Kier molecular flexibility index (Phi) is 6.47. The lowest BCUT2D eigenvalue weighted by Crippen LogP contribution is -2.38. The van der Waals surface area contributed by atoms with Gasteiger partial charge in [0.25, 0.3) is 5.91 Å². The summed E-state index contributed by atoms with van der Waals surface area (Å²) in [5.41, 5.74) is 5.80. The number of nitriles is 1. The Balaban J connectivity index is 1.86. The molecule has 1 heterocycles. The number of aromatic nitrogens is 2. The summed E-state index contributed by atoms with van der Waals surface area (Å²) in [6.45, 7) is -0.306. The minimum absolute atomic E-state index is 0.214. The monoisotopic (exact) mass is 401 g/mol. The Bertz CT molecular complexity index is 879. The van der Waals surface area contributed by atoms with Crippen LogP contribution in [0, 0.1) is 23.1 Å². The second kappa shape index (κ2) is 9.03. The molecule has 0 spiro atoms. The van der Waals surface area contributed by atoms with Gasteiger partial charge in [0.2, 0.25) is 0 Å². The van der Waals surface area contributed by atoms with Crippen LogP contribution in [0.25, 0.3) is 0 Å². The number of benzene rings is 1. The predicted molar refractivity (Wildman–Crippen MR) is 106 cm³/mol. The molecule has 1 amide bonds. The second-order valence-electron chi connectivity index (χ2n) is 7.67. The smallest absolute Gasteiger partial charge is 0.254 e. The highest BCUT2D eigenvalue weighted by Gasteiger charge is 2.38. The first-order valence-electron chi connectivity index (χ1n) is 9.83. The third-order valence-corrected chi connectivity index (χ3v) is 5.76. The zero-order valence-electron chi connectivity index (χ0n) is 16.2. The van der Waals surface area contributed by atoms with Crippen molar-refractivity contribution in [3.63, 3.8) is 0 Å². The lowest BCUT2D eigenvalue weighted by atomic mass is 9.74. The number of halogens is 2. The van der Waals surface area contributed by atoms with E-state index in [-0.39, 0.29) is 30.3 Å². The van der Waals surface area contributed by atoms with Gasteiger partial charge >= 0.3 is 0 Å². The van der Waals surface area contributed by atoms with Crippen molar-refractivity contribution in [1.29, 1.82) is 5.26 Å². The third-order valence-electron chi connectivity index (χ3n) is 5.76. The number of rotatable bonds is 8. The van der Waals surface area contributed by atoms with E-state index in [1.807, 2.05) is 0 Å². The number of nitrogens with zero attached hydrogens (tertiary/aromatic N) is 3. The van der Waals surface area contributed by atoms with Gasteiger partial charge in [0.1, 0.15) is 11.4 Å². The highest BCUT2D eigenvalue weighted by molar-refractivity contribution is 5.98. The standard InChI is InChI=1S/C21H25F2N5O/c22-12-1-2-15-7-9-21(10-8-15,11-13-24)28-14-18(19(25)29)20(27-28)26-17-5-3-16(23)4-6-17/h3-6,14-15H,1-2,7-12H2,(H2,25,29)(H,26,27). The van der Waals surface area contributed by atoms with E-state index >= 15 is 0 Å².